The second-order valence-corrected chi connectivity index (χ2v) is 4.02. The first kappa shape index (κ1) is 10.1. The van der Waals surface area contributed by atoms with Gasteiger partial charge in [0.15, 0.2) is 11.6 Å². The third-order valence-electron chi connectivity index (χ3n) is 2.93. The second kappa shape index (κ2) is 3.97. The minimum atomic E-state index is -0.0857. The summed E-state index contributed by atoms with van der Waals surface area (Å²) < 4.78 is 0. The fourth-order valence-electron chi connectivity index (χ4n) is 2.17. The molecule has 1 unspecified atom stereocenters. The number of hydrogen-bond donors (Lipinski definition) is 0. The molecule has 1 aliphatic carbocycles. The average Bonchev–Trinajstić information content (AvgIpc) is 2.26. The summed E-state index contributed by atoms with van der Waals surface area (Å²) in [5.74, 6) is 0.174. The van der Waals surface area contributed by atoms with E-state index in [1.807, 2.05) is 19.1 Å². The van der Waals surface area contributed by atoms with Crippen molar-refractivity contribution in [3.8, 4) is 0 Å². The highest BCUT2D eigenvalue weighted by Gasteiger charge is 2.31. The topological polar surface area (TPSA) is 34.1 Å². The number of Topliss-reactive ketones (excluding diaryl/α,β-unsaturated/α-hetero) is 2. The van der Waals surface area contributed by atoms with E-state index in [-0.39, 0.29) is 17.5 Å². The molecule has 1 aromatic carbocycles. The number of carbonyl (C=O) groups is 2. The molecule has 15 heavy (non-hydrogen) atoms. The van der Waals surface area contributed by atoms with Crippen molar-refractivity contribution < 1.29 is 9.59 Å². The number of ketones is 2. The van der Waals surface area contributed by atoms with Gasteiger partial charge >= 0.3 is 0 Å². The summed E-state index contributed by atoms with van der Waals surface area (Å²) in [6, 6.07) is 7.14. The Kier molecular flexibility index (Phi) is 2.67. The molecule has 78 valence electrons. The third-order valence-corrected chi connectivity index (χ3v) is 2.93. The van der Waals surface area contributed by atoms with Crippen LogP contribution in [-0.4, -0.2) is 11.6 Å². The zero-order valence-corrected chi connectivity index (χ0v) is 8.82. The van der Waals surface area contributed by atoms with Crippen LogP contribution in [0.2, 0.25) is 0 Å². The quantitative estimate of drug-likeness (QED) is 0.739. The predicted molar refractivity (Wildman–Crippen MR) is 58.1 cm³/mol. The van der Waals surface area contributed by atoms with Gasteiger partial charge in [-0.15, -0.1) is 0 Å². The highest BCUT2D eigenvalue weighted by Crippen LogP contribution is 2.28. The number of benzene rings is 1. The molecule has 0 saturated carbocycles. The van der Waals surface area contributed by atoms with Gasteiger partial charge in [-0.2, -0.15) is 0 Å². The molecule has 0 aromatic heterocycles. The smallest absolute Gasteiger partial charge is 0.167 e. The van der Waals surface area contributed by atoms with E-state index in [9.17, 15) is 9.59 Å². The van der Waals surface area contributed by atoms with Crippen LogP contribution < -0.4 is 0 Å². The summed E-state index contributed by atoms with van der Waals surface area (Å²) in [5.41, 5.74) is 1.22. The van der Waals surface area contributed by atoms with Crippen molar-refractivity contribution in [3.63, 3.8) is 0 Å². The molecule has 0 aliphatic heterocycles. The van der Waals surface area contributed by atoms with Crippen molar-refractivity contribution in [2.45, 2.75) is 26.2 Å². The van der Waals surface area contributed by atoms with Crippen LogP contribution in [0.4, 0.5) is 0 Å². The normalized spacial score (nSPS) is 20.2. The second-order valence-electron chi connectivity index (χ2n) is 4.02. The van der Waals surface area contributed by atoms with Crippen LogP contribution in [0, 0.1) is 5.92 Å². The van der Waals surface area contributed by atoms with E-state index in [1.54, 1.807) is 12.1 Å². The molecule has 1 aliphatic rings. The maximum atomic E-state index is 12.0. The lowest BCUT2D eigenvalue weighted by molar-refractivity contribution is 0.0816. The Hall–Kier alpha value is -1.44. The molecule has 0 amide bonds. The fourth-order valence-corrected chi connectivity index (χ4v) is 2.17. The average molecular weight is 202 g/mol. The molecular weight excluding hydrogens is 188 g/mol. The molecule has 0 radical (unpaired) electrons. The Bertz CT molecular complexity index is 407. The monoisotopic (exact) mass is 202 g/mol. The minimum absolute atomic E-state index is 0.0857. The van der Waals surface area contributed by atoms with Crippen LogP contribution in [-0.2, 0) is 0 Å². The van der Waals surface area contributed by atoms with Gasteiger partial charge in [-0.1, -0.05) is 37.6 Å². The number of carbonyl (C=O) groups excluding carboxylic acids is 2. The van der Waals surface area contributed by atoms with Crippen molar-refractivity contribution in [2.75, 3.05) is 0 Å². The maximum absolute atomic E-state index is 12.0. The van der Waals surface area contributed by atoms with Gasteiger partial charge in [0.05, 0.1) is 0 Å². The first-order valence-corrected chi connectivity index (χ1v) is 5.40. The van der Waals surface area contributed by atoms with Crippen LogP contribution in [0.5, 0.6) is 0 Å². The van der Waals surface area contributed by atoms with E-state index in [0.717, 1.165) is 12.8 Å². The van der Waals surface area contributed by atoms with E-state index >= 15 is 0 Å². The highest BCUT2D eigenvalue weighted by molar-refractivity contribution is 6.14. The van der Waals surface area contributed by atoms with Crippen molar-refractivity contribution in [1.29, 1.82) is 0 Å². The van der Waals surface area contributed by atoms with E-state index in [4.69, 9.17) is 0 Å². The van der Waals surface area contributed by atoms with Gasteiger partial charge in [0.25, 0.3) is 0 Å². The lowest BCUT2D eigenvalue weighted by Crippen LogP contribution is -2.26. The van der Waals surface area contributed by atoms with Gasteiger partial charge in [0, 0.05) is 23.5 Å². The van der Waals surface area contributed by atoms with Crippen LogP contribution in [0.3, 0.4) is 0 Å². The summed E-state index contributed by atoms with van der Waals surface area (Å²) in [4.78, 5) is 23.8. The molecule has 0 saturated heterocycles. The fraction of sp³-hybridized carbons (Fsp3) is 0.385. The zero-order chi connectivity index (χ0) is 10.8. The van der Waals surface area contributed by atoms with E-state index in [0.29, 0.717) is 17.5 Å². The third kappa shape index (κ3) is 1.72. The molecule has 0 heterocycles. The number of rotatable bonds is 2. The highest BCUT2D eigenvalue weighted by atomic mass is 16.1. The molecule has 0 spiro atoms. The largest absolute Gasteiger partial charge is 0.294 e. The van der Waals surface area contributed by atoms with Gasteiger partial charge in [-0.3, -0.25) is 9.59 Å². The molecule has 0 bridgehead atoms. The molecule has 2 heteroatoms. The SMILES string of the molecule is CCCC1CC(=O)c2ccccc2C1=O. The van der Waals surface area contributed by atoms with Crippen LogP contribution in [0.1, 0.15) is 46.9 Å². The number of fused-ring (bicyclic) bond motifs is 1. The van der Waals surface area contributed by atoms with E-state index < -0.39 is 0 Å². The molecule has 0 N–H and O–H groups in total. The van der Waals surface area contributed by atoms with Crippen molar-refractivity contribution in [1.82, 2.24) is 0 Å². The summed E-state index contributed by atoms with van der Waals surface area (Å²) in [7, 11) is 0. The Labute approximate surface area is 89.3 Å². The lowest BCUT2D eigenvalue weighted by Gasteiger charge is -2.21. The van der Waals surface area contributed by atoms with Gasteiger partial charge in [0.2, 0.25) is 0 Å². The first-order valence-electron chi connectivity index (χ1n) is 5.40. The van der Waals surface area contributed by atoms with Gasteiger partial charge in [-0.05, 0) is 6.42 Å². The Morgan fingerprint density at radius 2 is 1.87 bits per heavy atom. The summed E-state index contributed by atoms with van der Waals surface area (Å²) in [6.45, 7) is 2.04. The molecule has 1 atom stereocenters. The zero-order valence-electron chi connectivity index (χ0n) is 8.82. The summed E-state index contributed by atoms with van der Waals surface area (Å²) >= 11 is 0. The van der Waals surface area contributed by atoms with Crippen LogP contribution in [0.25, 0.3) is 0 Å². The van der Waals surface area contributed by atoms with Crippen LogP contribution >= 0.6 is 0 Å². The molecule has 2 nitrogen and oxygen atoms in total. The maximum Gasteiger partial charge on any atom is 0.167 e. The minimum Gasteiger partial charge on any atom is -0.294 e. The van der Waals surface area contributed by atoms with Gasteiger partial charge in [0.1, 0.15) is 0 Å². The van der Waals surface area contributed by atoms with Gasteiger partial charge < -0.3 is 0 Å². The van der Waals surface area contributed by atoms with Crippen molar-refractivity contribution in [2.24, 2.45) is 5.92 Å². The lowest BCUT2D eigenvalue weighted by atomic mass is 9.80. The predicted octanol–water partition coefficient (Wildman–Crippen LogP) is 2.87. The van der Waals surface area contributed by atoms with Crippen LogP contribution in [0.15, 0.2) is 24.3 Å². The molecule has 2 rings (SSSR count). The Morgan fingerprint density at radius 1 is 1.20 bits per heavy atom. The summed E-state index contributed by atoms with van der Waals surface area (Å²) in [5, 5.41) is 0. The first-order chi connectivity index (χ1) is 7.24. The Balaban J connectivity index is 2.40. The summed E-state index contributed by atoms with van der Waals surface area (Å²) in [6.07, 6.45) is 2.16. The molecular formula is C13H14O2. The standard InChI is InChI=1S/C13H14O2/c1-2-5-9-8-12(14)10-6-3-4-7-11(10)13(9)15/h3-4,6-7,9H,2,5,8H2,1H3. The molecule has 1 aromatic rings. The van der Waals surface area contributed by atoms with Crippen molar-refractivity contribution in [3.05, 3.63) is 35.4 Å². The number of hydrogen-bond acceptors (Lipinski definition) is 2. The van der Waals surface area contributed by atoms with Crippen molar-refractivity contribution >= 4 is 11.6 Å². The van der Waals surface area contributed by atoms with E-state index in [2.05, 4.69) is 0 Å². The Morgan fingerprint density at radius 3 is 2.53 bits per heavy atom. The molecule has 0 fully saturated rings. The van der Waals surface area contributed by atoms with Gasteiger partial charge in [-0.25, -0.2) is 0 Å². The van der Waals surface area contributed by atoms with E-state index in [1.165, 1.54) is 0 Å².